The number of esters is 1. The minimum absolute atomic E-state index is 0.359. The molecular formula is C20H22O2. The molecule has 0 unspecified atom stereocenters. The van der Waals surface area contributed by atoms with Gasteiger partial charge in [0.15, 0.2) is 0 Å². The van der Waals surface area contributed by atoms with Crippen molar-refractivity contribution in [2.45, 2.75) is 33.1 Å². The van der Waals surface area contributed by atoms with Crippen LogP contribution in [0.25, 0.3) is 6.08 Å². The Bertz CT molecular complexity index is 622. The van der Waals surface area contributed by atoms with Crippen LogP contribution in [0, 0.1) is 6.92 Å². The molecule has 0 heterocycles. The largest absolute Gasteiger partial charge is 0.423 e. The van der Waals surface area contributed by atoms with Crippen molar-refractivity contribution in [3.8, 4) is 5.75 Å². The van der Waals surface area contributed by atoms with Crippen molar-refractivity contribution in [1.82, 2.24) is 0 Å². The van der Waals surface area contributed by atoms with Crippen molar-refractivity contribution in [1.29, 1.82) is 0 Å². The Labute approximate surface area is 132 Å². The summed E-state index contributed by atoms with van der Waals surface area (Å²) in [6, 6.07) is 15.7. The van der Waals surface area contributed by atoms with Crippen LogP contribution in [0.3, 0.4) is 0 Å². The van der Waals surface area contributed by atoms with E-state index in [4.69, 9.17) is 4.74 Å². The van der Waals surface area contributed by atoms with Gasteiger partial charge in [0, 0.05) is 6.08 Å². The van der Waals surface area contributed by atoms with E-state index >= 15 is 0 Å². The van der Waals surface area contributed by atoms with Gasteiger partial charge in [-0.25, -0.2) is 4.79 Å². The lowest BCUT2D eigenvalue weighted by molar-refractivity contribution is -0.128. The van der Waals surface area contributed by atoms with Gasteiger partial charge in [-0.1, -0.05) is 55.3 Å². The van der Waals surface area contributed by atoms with Crippen LogP contribution < -0.4 is 4.74 Å². The van der Waals surface area contributed by atoms with Gasteiger partial charge in [0.05, 0.1) is 0 Å². The number of unbranched alkanes of at least 4 members (excludes halogenated alkanes) is 1. The zero-order valence-electron chi connectivity index (χ0n) is 13.2. The summed E-state index contributed by atoms with van der Waals surface area (Å²) in [6.45, 7) is 4.21. The second-order valence-corrected chi connectivity index (χ2v) is 5.41. The SMILES string of the molecule is CCCCc1ccc(OC(=O)C=Cc2ccc(C)cc2)cc1. The van der Waals surface area contributed by atoms with Crippen LogP contribution in [-0.2, 0) is 11.2 Å². The maximum Gasteiger partial charge on any atom is 0.336 e. The lowest BCUT2D eigenvalue weighted by Crippen LogP contribution is -2.03. The van der Waals surface area contributed by atoms with E-state index in [-0.39, 0.29) is 5.97 Å². The molecule has 0 aliphatic heterocycles. The summed E-state index contributed by atoms with van der Waals surface area (Å²) in [5.41, 5.74) is 3.46. The first-order valence-electron chi connectivity index (χ1n) is 7.73. The van der Waals surface area contributed by atoms with Gasteiger partial charge in [0.25, 0.3) is 0 Å². The molecule has 22 heavy (non-hydrogen) atoms. The first-order valence-corrected chi connectivity index (χ1v) is 7.73. The summed E-state index contributed by atoms with van der Waals surface area (Å²) in [5.74, 6) is 0.223. The van der Waals surface area contributed by atoms with Gasteiger partial charge < -0.3 is 4.74 Å². The number of hydrogen-bond donors (Lipinski definition) is 0. The van der Waals surface area contributed by atoms with Gasteiger partial charge in [-0.3, -0.25) is 0 Å². The molecule has 0 bridgehead atoms. The van der Waals surface area contributed by atoms with Crippen molar-refractivity contribution in [3.05, 3.63) is 71.3 Å². The number of benzene rings is 2. The molecule has 2 aromatic carbocycles. The molecule has 2 aromatic rings. The third-order valence-electron chi connectivity index (χ3n) is 3.45. The fourth-order valence-corrected chi connectivity index (χ4v) is 2.10. The van der Waals surface area contributed by atoms with Crippen molar-refractivity contribution >= 4 is 12.0 Å². The van der Waals surface area contributed by atoms with Crippen molar-refractivity contribution in [2.24, 2.45) is 0 Å². The van der Waals surface area contributed by atoms with Gasteiger partial charge in [0.2, 0.25) is 0 Å². The zero-order valence-corrected chi connectivity index (χ0v) is 13.2. The molecule has 0 saturated heterocycles. The van der Waals surface area contributed by atoms with E-state index < -0.39 is 0 Å². The second kappa shape index (κ2) is 8.18. The van der Waals surface area contributed by atoms with Crippen LogP contribution in [-0.4, -0.2) is 5.97 Å². The molecule has 0 radical (unpaired) electrons. The quantitative estimate of drug-likeness (QED) is 0.428. The van der Waals surface area contributed by atoms with Gasteiger partial charge in [-0.15, -0.1) is 0 Å². The molecule has 2 heteroatoms. The van der Waals surface area contributed by atoms with Crippen LogP contribution in [0.5, 0.6) is 5.75 Å². The van der Waals surface area contributed by atoms with E-state index in [9.17, 15) is 4.79 Å². The molecule has 0 saturated carbocycles. The molecule has 0 fully saturated rings. The Balaban J connectivity index is 1.89. The molecule has 114 valence electrons. The average molecular weight is 294 g/mol. The molecule has 0 aliphatic carbocycles. The number of carbonyl (C=O) groups excluding carboxylic acids is 1. The highest BCUT2D eigenvalue weighted by atomic mass is 16.5. The van der Waals surface area contributed by atoms with Gasteiger partial charge >= 0.3 is 5.97 Å². The average Bonchev–Trinajstić information content (AvgIpc) is 2.54. The lowest BCUT2D eigenvalue weighted by Gasteiger charge is -2.03. The normalized spacial score (nSPS) is 10.8. The summed E-state index contributed by atoms with van der Waals surface area (Å²) in [4.78, 5) is 11.8. The highest BCUT2D eigenvalue weighted by molar-refractivity contribution is 5.88. The first kappa shape index (κ1) is 16.0. The minimum atomic E-state index is -0.359. The number of carbonyl (C=O) groups is 1. The summed E-state index contributed by atoms with van der Waals surface area (Å²) < 4.78 is 5.29. The van der Waals surface area contributed by atoms with E-state index in [1.54, 1.807) is 6.08 Å². The molecule has 0 amide bonds. The predicted octanol–water partition coefficient (Wildman–Crippen LogP) is 4.96. The Morgan fingerprint density at radius 3 is 2.36 bits per heavy atom. The molecule has 0 spiro atoms. The summed E-state index contributed by atoms with van der Waals surface area (Å²) >= 11 is 0. The fraction of sp³-hybridized carbons (Fsp3) is 0.250. The number of rotatable bonds is 6. The first-order chi connectivity index (χ1) is 10.7. The molecular weight excluding hydrogens is 272 g/mol. The maximum atomic E-state index is 11.8. The van der Waals surface area contributed by atoms with Gasteiger partial charge in [-0.2, -0.15) is 0 Å². The lowest BCUT2D eigenvalue weighted by atomic mass is 10.1. The second-order valence-electron chi connectivity index (χ2n) is 5.41. The third-order valence-corrected chi connectivity index (χ3v) is 3.45. The van der Waals surface area contributed by atoms with E-state index in [1.165, 1.54) is 30.0 Å². The van der Waals surface area contributed by atoms with Gasteiger partial charge in [0.1, 0.15) is 5.75 Å². The maximum absolute atomic E-state index is 11.8. The van der Waals surface area contributed by atoms with Crippen LogP contribution in [0.1, 0.15) is 36.5 Å². The Morgan fingerprint density at radius 1 is 1.05 bits per heavy atom. The standard InChI is InChI=1S/C20H22O2/c1-3-4-5-17-10-13-19(14-11-17)22-20(21)15-12-18-8-6-16(2)7-9-18/h6-15H,3-5H2,1-2H3. The molecule has 0 atom stereocenters. The third kappa shape index (κ3) is 5.21. The van der Waals surface area contributed by atoms with Crippen LogP contribution >= 0.6 is 0 Å². The van der Waals surface area contributed by atoms with E-state index in [1.807, 2.05) is 55.5 Å². The topological polar surface area (TPSA) is 26.3 Å². The summed E-state index contributed by atoms with van der Waals surface area (Å²) in [7, 11) is 0. The van der Waals surface area contributed by atoms with Gasteiger partial charge in [-0.05, 0) is 49.1 Å². The van der Waals surface area contributed by atoms with E-state index in [2.05, 4.69) is 6.92 Å². The smallest absolute Gasteiger partial charge is 0.336 e. The van der Waals surface area contributed by atoms with Crippen LogP contribution in [0.4, 0.5) is 0 Å². The molecule has 2 nitrogen and oxygen atoms in total. The summed E-state index contributed by atoms with van der Waals surface area (Å²) in [6.07, 6.45) is 6.64. The van der Waals surface area contributed by atoms with Crippen molar-refractivity contribution in [3.63, 3.8) is 0 Å². The molecule has 2 rings (SSSR count). The predicted molar refractivity (Wildman–Crippen MR) is 90.9 cm³/mol. The minimum Gasteiger partial charge on any atom is -0.423 e. The van der Waals surface area contributed by atoms with E-state index in [0.29, 0.717) is 5.75 Å². The molecule has 0 N–H and O–H groups in total. The Hall–Kier alpha value is -2.35. The van der Waals surface area contributed by atoms with Crippen molar-refractivity contribution in [2.75, 3.05) is 0 Å². The Morgan fingerprint density at radius 2 is 1.73 bits per heavy atom. The van der Waals surface area contributed by atoms with Crippen LogP contribution in [0.15, 0.2) is 54.6 Å². The number of ether oxygens (including phenoxy) is 1. The Kier molecular flexibility index (Phi) is 5.96. The molecule has 0 aromatic heterocycles. The fourth-order valence-electron chi connectivity index (χ4n) is 2.10. The van der Waals surface area contributed by atoms with E-state index in [0.717, 1.165) is 12.0 Å². The summed E-state index contributed by atoms with van der Waals surface area (Å²) in [5, 5.41) is 0. The zero-order chi connectivity index (χ0) is 15.8. The molecule has 0 aliphatic rings. The monoisotopic (exact) mass is 294 g/mol. The van der Waals surface area contributed by atoms with Crippen molar-refractivity contribution < 1.29 is 9.53 Å². The number of hydrogen-bond acceptors (Lipinski definition) is 2. The van der Waals surface area contributed by atoms with Crippen LogP contribution in [0.2, 0.25) is 0 Å². The number of aryl methyl sites for hydroxylation is 2. The highest BCUT2D eigenvalue weighted by Crippen LogP contribution is 2.14. The highest BCUT2D eigenvalue weighted by Gasteiger charge is 2.01.